The molecule has 1 aliphatic heterocycles. The lowest BCUT2D eigenvalue weighted by Gasteiger charge is -2.25. The highest BCUT2D eigenvalue weighted by molar-refractivity contribution is 6.20. The van der Waals surface area contributed by atoms with Gasteiger partial charge in [0.25, 0.3) is 5.91 Å². The fourth-order valence-corrected chi connectivity index (χ4v) is 4.00. The molecular formula is C25H28N4O3. The fraction of sp³-hybridized carbons (Fsp3) is 0.280. The molecule has 0 radical (unpaired) electrons. The Morgan fingerprint density at radius 3 is 2.44 bits per heavy atom. The second-order valence-electron chi connectivity index (χ2n) is 7.72. The van der Waals surface area contributed by atoms with Gasteiger partial charge in [0.2, 0.25) is 18.0 Å². The number of hydrogen-bond donors (Lipinski definition) is 2. The minimum absolute atomic E-state index is 0.281. The maximum atomic E-state index is 13.3. The summed E-state index contributed by atoms with van der Waals surface area (Å²) in [5.41, 5.74) is 8.46. The van der Waals surface area contributed by atoms with E-state index in [0.29, 0.717) is 17.8 Å². The molecule has 2 aromatic rings. The summed E-state index contributed by atoms with van der Waals surface area (Å²) in [4.78, 5) is 44.5. The molecule has 7 heteroatoms. The predicted molar refractivity (Wildman–Crippen MR) is 125 cm³/mol. The first-order valence-corrected chi connectivity index (χ1v) is 10.6. The van der Waals surface area contributed by atoms with Crippen LogP contribution in [0.1, 0.15) is 30.9 Å². The zero-order valence-corrected chi connectivity index (χ0v) is 18.3. The highest BCUT2D eigenvalue weighted by atomic mass is 16.2. The number of anilines is 1. The molecule has 3 amide bonds. The molecule has 0 aliphatic carbocycles. The van der Waals surface area contributed by atoms with Gasteiger partial charge in [-0.3, -0.25) is 14.4 Å². The van der Waals surface area contributed by atoms with E-state index in [9.17, 15) is 14.4 Å². The number of nitrogens with one attached hydrogen (secondary N) is 1. The summed E-state index contributed by atoms with van der Waals surface area (Å²) < 4.78 is 0. The number of aliphatic imine (C=N–C) groups is 1. The van der Waals surface area contributed by atoms with Crippen LogP contribution in [0.25, 0.3) is 0 Å². The van der Waals surface area contributed by atoms with Crippen LogP contribution in [0.3, 0.4) is 0 Å². The summed E-state index contributed by atoms with van der Waals surface area (Å²) in [5.74, 6) is -2.77. The van der Waals surface area contributed by atoms with E-state index in [-0.39, 0.29) is 12.3 Å². The van der Waals surface area contributed by atoms with E-state index < -0.39 is 29.8 Å². The van der Waals surface area contributed by atoms with Crippen molar-refractivity contribution in [3.05, 3.63) is 78.4 Å². The Bertz CT molecular complexity index is 1050. The molecule has 0 bridgehead atoms. The molecule has 0 saturated carbocycles. The SMILES string of the molecule is C=CCC(C(N)=O)C(CC)C(=O)NC1N=C(c2ccccc2)c2ccccc2N(C)C1=O. The van der Waals surface area contributed by atoms with E-state index in [1.165, 1.54) is 4.90 Å². The Kier molecular flexibility index (Phi) is 7.20. The summed E-state index contributed by atoms with van der Waals surface area (Å²) in [6, 6.07) is 17.0. The van der Waals surface area contributed by atoms with Gasteiger partial charge in [0, 0.05) is 24.1 Å². The number of likely N-dealkylation sites (N-methyl/N-ethyl adjacent to an activating group) is 1. The van der Waals surface area contributed by atoms with Gasteiger partial charge in [0.1, 0.15) is 0 Å². The van der Waals surface area contributed by atoms with Crippen LogP contribution in [0.2, 0.25) is 0 Å². The Hall–Kier alpha value is -3.74. The molecule has 7 nitrogen and oxygen atoms in total. The first-order chi connectivity index (χ1) is 15.4. The van der Waals surface area contributed by atoms with Gasteiger partial charge in [-0.2, -0.15) is 0 Å². The Morgan fingerprint density at radius 2 is 1.81 bits per heavy atom. The van der Waals surface area contributed by atoms with Crippen LogP contribution in [-0.4, -0.2) is 36.6 Å². The van der Waals surface area contributed by atoms with Gasteiger partial charge in [-0.25, -0.2) is 4.99 Å². The summed E-state index contributed by atoms with van der Waals surface area (Å²) in [6.07, 6.45) is 1.10. The number of benzene rings is 2. The Labute approximate surface area is 188 Å². The lowest BCUT2D eigenvalue weighted by Crippen LogP contribution is -2.49. The first kappa shape index (κ1) is 22.9. The molecule has 0 aromatic heterocycles. The minimum Gasteiger partial charge on any atom is -0.369 e. The van der Waals surface area contributed by atoms with Gasteiger partial charge in [-0.15, -0.1) is 6.58 Å². The molecule has 3 atom stereocenters. The van der Waals surface area contributed by atoms with E-state index in [1.54, 1.807) is 20.0 Å². The average Bonchev–Trinajstić information content (AvgIpc) is 2.90. The van der Waals surface area contributed by atoms with E-state index in [2.05, 4.69) is 16.9 Å². The minimum atomic E-state index is -1.14. The molecule has 1 aliphatic rings. The van der Waals surface area contributed by atoms with Crippen LogP contribution in [-0.2, 0) is 14.4 Å². The predicted octanol–water partition coefficient (Wildman–Crippen LogP) is 2.65. The molecule has 3 N–H and O–H groups in total. The van der Waals surface area contributed by atoms with Crippen molar-refractivity contribution in [2.75, 3.05) is 11.9 Å². The maximum absolute atomic E-state index is 13.3. The van der Waals surface area contributed by atoms with Crippen molar-refractivity contribution >= 4 is 29.1 Å². The summed E-state index contributed by atoms with van der Waals surface area (Å²) in [6.45, 7) is 5.46. The lowest BCUT2D eigenvalue weighted by molar-refractivity contribution is -0.135. The van der Waals surface area contributed by atoms with Crippen LogP contribution in [0.5, 0.6) is 0 Å². The molecule has 3 rings (SSSR count). The van der Waals surface area contributed by atoms with Gasteiger partial charge in [-0.1, -0.05) is 61.5 Å². The number of allylic oxidation sites excluding steroid dienone is 1. The highest BCUT2D eigenvalue weighted by Crippen LogP contribution is 2.27. The molecule has 2 aromatic carbocycles. The molecule has 0 spiro atoms. The third-order valence-corrected chi connectivity index (χ3v) is 5.72. The zero-order valence-electron chi connectivity index (χ0n) is 18.3. The second kappa shape index (κ2) is 10.0. The third-order valence-electron chi connectivity index (χ3n) is 5.72. The average molecular weight is 433 g/mol. The van der Waals surface area contributed by atoms with E-state index in [4.69, 9.17) is 5.73 Å². The molecule has 166 valence electrons. The molecule has 1 heterocycles. The van der Waals surface area contributed by atoms with Gasteiger partial charge >= 0.3 is 0 Å². The topological polar surface area (TPSA) is 105 Å². The number of nitrogens with zero attached hydrogens (tertiary/aromatic N) is 2. The van der Waals surface area contributed by atoms with Crippen LogP contribution < -0.4 is 16.0 Å². The monoisotopic (exact) mass is 432 g/mol. The number of carbonyl (C=O) groups is 3. The van der Waals surface area contributed by atoms with E-state index >= 15 is 0 Å². The number of rotatable bonds is 8. The summed E-state index contributed by atoms with van der Waals surface area (Å²) in [7, 11) is 1.66. The van der Waals surface area contributed by atoms with Crippen molar-refractivity contribution in [1.29, 1.82) is 0 Å². The van der Waals surface area contributed by atoms with Crippen molar-refractivity contribution in [2.24, 2.45) is 22.6 Å². The van der Waals surface area contributed by atoms with Gasteiger partial charge < -0.3 is 16.0 Å². The Morgan fingerprint density at radius 1 is 1.16 bits per heavy atom. The zero-order chi connectivity index (χ0) is 23.3. The number of hydrogen-bond acceptors (Lipinski definition) is 4. The highest BCUT2D eigenvalue weighted by Gasteiger charge is 2.35. The van der Waals surface area contributed by atoms with Gasteiger partial charge in [-0.05, 0) is 18.9 Å². The molecule has 0 fully saturated rings. The standard InChI is InChI=1S/C25H28N4O3/c1-4-11-18(22(26)30)17(5-2)24(31)28-23-25(32)29(3)20-15-10-9-14-19(20)21(27-23)16-12-7-6-8-13-16/h4,6-10,12-15,17-18,23H,1,5,11H2,2-3H3,(H2,26,30)(H,28,31). The van der Waals surface area contributed by atoms with Crippen LogP contribution in [0.15, 0.2) is 72.2 Å². The normalized spacial score (nSPS) is 17.4. The molecule has 3 unspecified atom stereocenters. The largest absolute Gasteiger partial charge is 0.369 e. The van der Waals surface area contributed by atoms with E-state index in [0.717, 1.165) is 11.1 Å². The van der Waals surface area contributed by atoms with Gasteiger partial charge in [0.15, 0.2) is 0 Å². The number of para-hydroxylation sites is 1. The van der Waals surface area contributed by atoms with E-state index in [1.807, 2.05) is 54.6 Å². The fourth-order valence-electron chi connectivity index (χ4n) is 4.00. The summed E-state index contributed by atoms with van der Waals surface area (Å²) >= 11 is 0. The number of benzodiazepines with no additional fused rings is 1. The van der Waals surface area contributed by atoms with Gasteiger partial charge in [0.05, 0.1) is 17.3 Å². The van der Waals surface area contributed by atoms with Crippen LogP contribution in [0.4, 0.5) is 5.69 Å². The lowest BCUT2D eigenvalue weighted by atomic mass is 9.86. The number of carbonyl (C=O) groups excluding carboxylic acids is 3. The van der Waals surface area contributed by atoms with Crippen LogP contribution >= 0.6 is 0 Å². The number of amides is 3. The second-order valence-corrected chi connectivity index (χ2v) is 7.72. The van der Waals surface area contributed by atoms with Crippen LogP contribution in [0, 0.1) is 11.8 Å². The number of nitrogens with two attached hydrogens (primary N) is 1. The van der Waals surface area contributed by atoms with Crippen molar-refractivity contribution < 1.29 is 14.4 Å². The smallest absolute Gasteiger partial charge is 0.272 e. The molecular weight excluding hydrogens is 404 g/mol. The molecule has 32 heavy (non-hydrogen) atoms. The molecule has 0 saturated heterocycles. The summed E-state index contributed by atoms with van der Waals surface area (Å²) in [5, 5.41) is 2.76. The third kappa shape index (κ3) is 4.61. The number of fused-ring (bicyclic) bond motifs is 1. The van der Waals surface area contributed by atoms with Crippen molar-refractivity contribution in [3.8, 4) is 0 Å². The Balaban J connectivity index is 2.02. The quantitative estimate of drug-likeness (QED) is 0.627. The van der Waals surface area contributed by atoms with Crippen molar-refractivity contribution in [3.63, 3.8) is 0 Å². The van der Waals surface area contributed by atoms with Crippen molar-refractivity contribution in [1.82, 2.24) is 5.32 Å². The number of primary amides is 1. The first-order valence-electron chi connectivity index (χ1n) is 10.6. The van der Waals surface area contributed by atoms with Crippen molar-refractivity contribution in [2.45, 2.75) is 25.9 Å². The maximum Gasteiger partial charge on any atom is 0.272 e.